The minimum absolute atomic E-state index is 0. The van der Waals surface area contributed by atoms with Gasteiger partial charge in [-0.15, -0.1) is 24.8 Å². The molecule has 0 saturated carbocycles. The summed E-state index contributed by atoms with van der Waals surface area (Å²) in [5, 5.41) is 0.372. The van der Waals surface area contributed by atoms with E-state index >= 15 is 0 Å². The number of carbonyl (C=O) groups excluding carboxylic acids is 1. The zero-order chi connectivity index (χ0) is 16.1. The van der Waals surface area contributed by atoms with Gasteiger partial charge in [-0.05, 0) is 37.3 Å². The van der Waals surface area contributed by atoms with E-state index in [1.165, 1.54) is 0 Å². The highest BCUT2D eigenvalue weighted by molar-refractivity contribution is 6.32. The molecule has 2 N–H and O–H groups in total. The fraction of sp³-hybridized carbons (Fsp3) is 0.250. The molecular formula is C16H20Cl3N3O2. The highest BCUT2D eigenvalue weighted by Crippen LogP contribution is 2.30. The Hall–Kier alpha value is -1.53. The Balaban J connectivity index is 0.00000264. The van der Waals surface area contributed by atoms with Crippen molar-refractivity contribution in [3.8, 4) is 11.5 Å². The number of aromatic nitrogens is 1. The largest absolute Gasteiger partial charge is 0.456 e. The molecule has 0 aliphatic rings. The van der Waals surface area contributed by atoms with E-state index in [9.17, 15) is 4.79 Å². The monoisotopic (exact) mass is 391 g/mol. The van der Waals surface area contributed by atoms with Crippen molar-refractivity contribution < 1.29 is 9.53 Å². The van der Waals surface area contributed by atoms with Crippen molar-refractivity contribution in [1.82, 2.24) is 9.88 Å². The van der Waals surface area contributed by atoms with E-state index in [1.807, 2.05) is 6.92 Å². The summed E-state index contributed by atoms with van der Waals surface area (Å²) in [7, 11) is 1.72. The molecule has 0 aliphatic heterocycles. The molecule has 0 bridgehead atoms. The van der Waals surface area contributed by atoms with Crippen LogP contribution < -0.4 is 10.5 Å². The SMILES string of the molecule is CC(CN)N(C)C(=O)c1ccc(Oc2ccncc2)c(Cl)c1.Cl.Cl. The van der Waals surface area contributed by atoms with Gasteiger partial charge in [0.2, 0.25) is 0 Å². The lowest BCUT2D eigenvalue weighted by molar-refractivity contribution is 0.0748. The number of carbonyl (C=O) groups is 1. The van der Waals surface area contributed by atoms with Gasteiger partial charge in [0.15, 0.2) is 0 Å². The van der Waals surface area contributed by atoms with Crippen molar-refractivity contribution in [3.63, 3.8) is 0 Å². The second-order valence-corrected chi connectivity index (χ2v) is 5.34. The Morgan fingerprint density at radius 3 is 2.46 bits per heavy atom. The normalized spacial score (nSPS) is 10.8. The predicted molar refractivity (Wildman–Crippen MR) is 101 cm³/mol. The third-order valence-electron chi connectivity index (χ3n) is 3.38. The molecule has 0 saturated heterocycles. The summed E-state index contributed by atoms with van der Waals surface area (Å²) in [5.41, 5.74) is 6.08. The Bertz CT molecular complexity index is 656. The molecule has 8 heteroatoms. The van der Waals surface area contributed by atoms with Crippen molar-refractivity contribution in [2.75, 3.05) is 13.6 Å². The van der Waals surface area contributed by atoms with E-state index in [1.54, 1.807) is 54.7 Å². The van der Waals surface area contributed by atoms with Crippen LogP contribution in [0.3, 0.4) is 0 Å². The summed E-state index contributed by atoms with van der Waals surface area (Å²) in [6.45, 7) is 2.29. The van der Waals surface area contributed by atoms with Crippen LogP contribution in [0, 0.1) is 0 Å². The van der Waals surface area contributed by atoms with Crippen LogP contribution in [0.1, 0.15) is 17.3 Å². The molecule has 1 aromatic carbocycles. The third kappa shape index (κ3) is 5.53. The fourth-order valence-electron chi connectivity index (χ4n) is 1.81. The molecule has 0 aliphatic carbocycles. The van der Waals surface area contributed by atoms with Gasteiger partial charge in [-0.3, -0.25) is 9.78 Å². The highest BCUT2D eigenvalue weighted by atomic mass is 35.5. The minimum atomic E-state index is -0.129. The second kappa shape index (κ2) is 10.4. The molecule has 2 rings (SSSR count). The number of amides is 1. The number of nitrogens with zero attached hydrogens (tertiary/aromatic N) is 2. The van der Waals surface area contributed by atoms with E-state index < -0.39 is 0 Å². The number of hydrogen-bond donors (Lipinski definition) is 1. The zero-order valence-corrected chi connectivity index (χ0v) is 15.7. The molecule has 2 aromatic rings. The Morgan fingerprint density at radius 1 is 1.29 bits per heavy atom. The summed E-state index contributed by atoms with van der Waals surface area (Å²) in [6.07, 6.45) is 3.26. The molecule has 1 unspecified atom stereocenters. The average Bonchev–Trinajstić information content (AvgIpc) is 2.55. The van der Waals surface area contributed by atoms with Gasteiger partial charge in [-0.2, -0.15) is 0 Å². The van der Waals surface area contributed by atoms with Crippen LogP contribution in [0.2, 0.25) is 5.02 Å². The molecule has 1 atom stereocenters. The van der Waals surface area contributed by atoms with Crippen LogP contribution in [-0.2, 0) is 0 Å². The number of halogens is 3. The summed E-state index contributed by atoms with van der Waals surface area (Å²) >= 11 is 6.21. The number of ether oxygens (including phenoxy) is 1. The second-order valence-electron chi connectivity index (χ2n) is 4.93. The van der Waals surface area contributed by atoms with Crippen LogP contribution in [0.25, 0.3) is 0 Å². The van der Waals surface area contributed by atoms with Gasteiger partial charge < -0.3 is 15.4 Å². The Morgan fingerprint density at radius 2 is 1.92 bits per heavy atom. The first-order valence-corrected chi connectivity index (χ1v) is 7.25. The summed E-state index contributed by atoms with van der Waals surface area (Å²) in [5.74, 6) is 0.985. The van der Waals surface area contributed by atoms with Gasteiger partial charge in [0.05, 0.1) is 5.02 Å². The van der Waals surface area contributed by atoms with E-state index in [-0.39, 0.29) is 36.8 Å². The van der Waals surface area contributed by atoms with Crippen LogP contribution in [0.4, 0.5) is 0 Å². The Labute approximate surface area is 159 Å². The van der Waals surface area contributed by atoms with E-state index in [0.29, 0.717) is 28.6 Å². The summed E-state index contributed by atoms with van der Waals surface area (Å²) < 4.78 is 5.66. The molecule has 0 fully saturated rings. The number of likely N-dealkylation sites (N-methyl/N-ethyl adjacent to an activating group) is 1. The summed E-state index contributed by atoms with van der Waals surface area (Å²) in [6, 6.07) is 8.37. The molecule has 1 amide bonds. The topological polar surface area (TPSA) is 68.5 Å². The fourth-order valence-corrected chi connectivity index (χ4v) is 2.03. The molecular weight excluding hydrogens is 373 g/mol. The van der Waals surface area contributed by atoms with E-state index in [2.05, 4.69) is 4.98 Å². The minimum Gasteiger partial charge on any atom is -0.456 e. The van der Waals surface area contributed by atoms with E-state index in [0.717, 1.165) is 0 Å². The number of nitrogens with two attached hydrogens (primary N) is 1. The maximum Gasteiger partial charge on any atom is 0.253 e. The van der Waals surface area contributed by atoms with Gasteiger partial charge in [-0.25, -0.2) is 0 Å². The van der Waals surface area contributed by atoms with Crippen molar-refractivity contribution in [2.24, 2.45) is 5.73 Å². The smallest absolute Gasteiger partial charge is 0.253 e. The molecule has 5 nitrogen and oxygen atoms in total. The molecule has 0 spiro atoms. The lowest BCUT2D eigenvalue weighted by Gasteiger charge is -2.23. The molecule has 132 valence electrons. The van der Waals surface area contributed by atoms with Gasteiger partial charge in [0.1, 0.15) is 11.5 Å². The maximum atomic E-state index is 12.3. The number of benzene rings is 1. The van der Waals surface area contributed by atoms with Crippen LogP contribution in [-0.4, -0.2) is 35.4 Å². The van der Waals surface area contributed by atoms with Crippen molar-refractivity contribution in [3.05, 3.63) is 53.3 Å². The van der Waals surface area contributed by atoms with Crippen molar-refractivity contribution >= 4 is 42.3 Å². The first kappa shape index (κ1) is 22.5. The van der Waals surface area contributed by atoms with Crippen molar-refractivity contribution in [1.29, 1.82) is 0 Å². The van der Waals surface area contributed by atoms with Gasteiger partial charge in [-0.1, -0.05) is 11.6 Å². The van der Waals surface area contributed by atoms with E-state index in [4.69, 9.17) is 22.1 Å². The molecule has 1 aromatic heterocycles. The lowest BCUT2D eigenvalue weighted by Crippen LogP contribution is -2.39. The maximum absolute atomic E-state index is 12.3. The van der Waals surface area contributed by atoms with Gasteiger partial charge >= 0.3 is 0 Å². The standard InChI is InChI=1S/C16H18ClN3O2.2ClH/c1-11(10-18)20(2)16(21)12-3-4-15(14(17)9-12)22-13-5-7-19-8-6-13;;/h3-9,11H,10,18H2,1-2H3;2*1H. The molecule has 0 radical (unpaired) electrons. The Kier molecular flexibility index (Phi) is 9.70. The molecule has 24 heavy (non-hydrogen) atoms. The lowest BCUT2D eigenvalue weighted by atomic mass is 10.1. The van der Waals surface area contributed by atoms with Gasteiger partial charge in [0, 0.05) is 37.6 Å². The summed E-state index contributed by atoms with van der Waals surface area (Å²) in [4.78, 5) is 17.8. The van der Waals surface area contributed by atoms with Crippen LogP contribution in [0.15, 0.2) is 42.7 Å². The zero-order valence-electron chi connectivity index (χ0n) is 13.3. The molecule has 1 heterocycles. The number of rotatable bonds is 5. The highest BCUT2D eigenvalue weighted by Gasteiger charge is 2.17. The first-order chi connectivity index (χ1) is 10.5. The van der Waals surface area contributed by atoms with Crippen LogP contribution in [0.5, 0.6) is 11.5 Å². The first-order valence-electron chi connectivity index (χ1n) is 6.87. The van der Waals surface area contributed by atoms with Crippen LogP contribution >= 0.6 is 36.4 Å². The average molecular weight is 393 g/mol. The van der Waals surface area contributed by atoms with Crippen molar-refractivity contribution in [2.45, 2.75) is 13.0 Å². The van der Waals surface area contributed by atoms with Gasteiger partial charge in [0.25, 0.3) is 5.91 Å². The number of hydrogen-bond acceptors (Lipinski definition) is 4. The third-order valence-corrected chi connectivity index (χ3v) is 3.67. The predicted octanol–water partition coefficient (Wildman–Crippen LogP) is 3.79. The number of pyridine rings is 1. The quantitative estimate of drug-likeness (QED) is 0.840.